The second-order valence-electron chi connectivity index (χ2n) is 5.72. The average Bonchev–Trinajstić information content (AvgIpc) is 2.79. The molecule has 0 aliphatic carbocycles. The number of esters is 1. The number of carbonyl (C=O) groups excluding carboxylic acids is 1. The Bertz CT molecular complexity index is 437. The number of benzene rings is 1. The topological polar surface area (TPSA) is 29.5 Å². The van der Waals surface area contributed by atoms with Crippen LogP contribution >= 0.6 is 0 Å². The van der Waals surface area contributed by atoms with E-state index in [0.29, 0.717) is 5.92 Å². The molecule has 102 valence electrons. The molecule has 0 unspecified atom stereocenters. The summed E-state index contributed by atoms with van der Waals surface area (Å²) in [6.45, 7) is 3.99. The first-order valence-electron chi connectivity index (χ1n) is 7.23. The van der Waals surface area contributed by atoms with E-state index in [4.69, 9.17) is 4.74 Å². The van der Waals surface area contributed by atoms with Gasteiger partial charge in [-0.1, -0.05) is 30.3 Å². The predicted octanol–water partition coefficient (Wildman–Crippen LogP) is 2.57. The van der Waals surface area contributed by atoms with Crippen LogP contribution < -0.4 is 0 Å². The van der Waals surface area contributed by atoms with E-state index in [2.05, 4.69) is 35.2 Å². The van der Waals surface area contributed by atoms with E-state index >= 15 is 0 Å². The number of nitrogens with zero attached hydrogens (tertiary/aromatic N) is 1. The fourth-order valence-corrected chi connectivity index (χ4v) is 3.30. The molecule has 2 heterocycles. The van der Waals surface area contributed by atoms with Gasteiger partial charge in [0.2, 0.25) is 0 Å². The molecule has 0 radical (unpaired) electrons. The van der Waals surface area contributed by atoms with Crippen LogP contribution in [0.2, 0.25) is 0 Å². The first-order valence-corrected chi connectivity index (χ1v) is 7.23. The van der Waals surface area contributed by atoms with Gasteiger partial charge in [-0.3, -0.25) is 9.69 Å². The van der Waals surface area contributed by atoms with Crippen molar-refractivity contribution in [2.45, 2.75) is 44.2 Å². The van der Waals surface area contributed by atoms with Crippen LogP contribution in [-0.2, 0) is 9.53 Å². The first kappa shape index (κ1) is 12.7. The largest absolute Gasteiger partial charge is 0.461 e. The van der Waals surface area contributed by atoms with Crippen molar-refractivity contribution in [1.82, 2.24) is 4.90 Å². The van der Waals surface area contributed by atoms with Crippen molar-refractivity contribution in [3.63, 3.8) is 0 Å². The molecule has 1 aromatic rings. The van der Waals surface area contributed by atoms with Gasteiger partial charge in [0.15, 0.2) is 0 Å². The summed E-state index contributed by atoms with van der Waals surface area (Å²) in [6, 6.07) is 10.7. The maximum absolute atomic E-state index is 11.8. The Labute approximate surface area is 114 Å². The summed E-state index contributed by atoms with van der Waals surface area (Å²) < 4.78 is 5.26. The SMILES string of the molecule is C[C@H]1C[C@H](N2CCC(c3ccccc3)CC2)C(=O)O1. The minimum absolute atomic E-state index is 0.00623. The third kappa shape index (κ3) is 2.66. The highest BCUT2D eigenvalue weighted by molar-refractivity contribution is 5.78. The number of piperidine rings is 1. The fraction of sp³-hybridized carbons (Fsp3) is 0.562. The van der Waals surface area contributed by atoms with E-state index in [9.17, 15) is 4.79 Å². The van der Waals surface area contributed by atoms with Gasteiger partial charge in [-0.25, -0.2) is 0 Å². The number of cyclic esters (lactones) is 1. The lowest BCUT2D eigenvalue weighted by Crippen LogP contribution is -2.43. The number of rotatable bonds is 2. The van der Waals surface area contributed by atoms with Crippen LogP contribution in [0.15, 0.2) is 30.3 Å². The summed E-state index contributed by atoms with van der Waals surface area (Å²) in [6.07, 6.45) is 3.23. The van der Waals surface area contributed by atoms with E-state index in [1.165, 1.54) is 5.56 Å². The number of carbonyl (C=O) groups is 1. The fourth-order valence-electron chi connectivity index (χ4n) is 3.30. The Morgan fingerprint density at radius 1 is 1.16 bits per heavy atom. The van der Waals surface area contributed by atoms with E-state index in [0.717, 1.165) is 32.4 Å². The summed E-state index contributed by atoms with van der Waals surface area (Å²) in [5.41, 5.74) is 1.43. The van der Waals surface area contributed by atoms with Gasteiger partial charge in [0, 0.05) is 6.42 Å². The summed E-state index contributed by atoms with van der Waals surface area (Å²) in [4.78, 5) is 14.1. The summed E-state index contributed by atoms with van der Waals surface area (Å²) in [5.74, 6) is 0.623. The Morgan fingerprint density at radius 2 is 1.84 bits per heavy atom. The normalized spacial score (nSPS) is 29.4. The molecular formula is C16H21NO2. The molecule has 0 N–H and O–H groups in total. The van der Waals surface area contributed by atoms with Crippen LogP contribution in [0.25, 0.3) is 0 Å². The highest BCUT2D eigenvalue weighted by atomic mass is 16.6. The van der Waals surface area contributed by atoms with Gasteiger partial charge < -0.3 is 4.74 Å². The molecule has 0 spiro atoms. The molecule has 0 amide bonds. The second kappa shape index (κ2) is 5.33. The van der Waals surface area contributed by atoms with Crippen LogP contribution in [-0.4, -0.2) is 36.1 Å². The van der Waals surface area contributed by atoms with Gasteiger partial charge in [-0.2, -0.15) is 0 Å². The molecule has 19 heavy (non-hydrogen) atoms. The highest BCUT2D eigenvalue weighted by Gasteiger charge is 2.37. The van der Waals surface area contributed by atoms with E-state index < -0.39 is 0 Å². The zero-order valence-corrected chi connectivity index (χ0v) is 11.4. The lowest BCUT2D eigenvalue weighted by molar-refractivity contribution is -0.145. The van der Waals surface area contributed by atoms with Crippen molar-refractivity contribution >= 4 is 5.97 Å². The smallest absolute Gasteiger partial charge is 0.323 e. The monoisotopic (exact) mass is 259 g/mol. The van der Waals surface area contributed by atoms with Crippen molar-refractivity contribution in [2.75, 3.05) is 13.1 Å². The summed E-state index contributed by atoms with van der Waals surface area (Å²) >= 11 is 0. The van der Waals surface area contributed by atoms with Gasteiger partial charge >= 0.3 is 5.97 Å². The van der Waals surface area contributed by atoms with Crippen molar-refractivity contribution in [3.05, 3.63) is 35.9 Å². The molecule has 0 bridgehead atoms. The third-order valence-electron chi connectivity index (χ3n) is 4.39. The molecule has 2 atom stereocenters. The predicted molar refractivity (Wildman–Crippen MR) is 73.9 cm³/mol. The molecule has 3 nitrogen and oxygen atoms in total. The maximum atomic E-state index is 11.8. The van der Waals surface area contributed by atoms with Gasteiger partial charge in [0.1, 0.15) is 12.1 Å². The molecule has 2 fully saturated rings. The Balaban J connectivity index is 1.59. The molecule has 3 heteroatoms. The molecule has 1 aromatic carbocycles. The molecule has 3 rings (SSSR count). The third-order valence-corrected chi connectivity index (χ3v) is 4.39. The molecule has 0 aromatic heterocycles. The van der Waals surface area contributed by atoms with Gasteiger partial charge in [-0.15, -0.1) is 0 Å². The van der Waals surface area contributed by atoms with E-state index in [1.807, 2.05) is 6.92 Å². The zero-order valence-electron chi connectivity index (χ0n) is 11.4. The number of hydrogen-bond donors (Lipinski definition) is 0. The lowest BCUT2D eigenvalue weighted by atomic mass is 9.89. The Morgan fingerprint density at radius 3 is 2.42 bits per heavy atom. The van der Waals surface area contributed by atoms with Crippen molar-refractivity contribution in [1.29, 1.82) is 0 Å². The standard InChI is InChI=1S/C16H21NO2/c1-12-11-15(16(18)19-12)17-9-7-14(8-10-17)13-5-3-2-4-6-13/h2-6,12,14-15H,7-11H2,1H3/t12-,15-/m0/s1. The lowest BCUT2D eigenvalue weighted by Gasteiger charge is -2.34. The molecule has 0 saturated carbocycles. The van der Waals surface area contributed by atoms with Gasteiger partial charge in [-0.05, 0) is 44.3 Å². The summed E-state index contributed by atoms with van der Waals surface area (Å²) in [5, 5.41) is 0. The van der Waals surface area contributed by atoms with Crippen molar-refractivity contribution in [2.24, 2.45) is 0 Å². The maximum Gasteiger partial charge on any atom is 0.323 e. The Hall–Kier alpha value is -1.35. The minimum atomic E-state index is -0.0225. The number of hydrogen-bond acceptors (Lipinski definition) is 3. The van der Waals surface area contributed by atoms with Gasteiger partial charge in [0.25, 0.3) is 0 Å². The van der Waals surface area contributed by atoms with Gasteiger partial charge in [0.05, 0.1) is 0 Å². The highest BCUT2D eigenvalue weighted by Crippen LogP contribution is 2.31. The number of ether oxygens (including phenoxy) is 1. The van der Waals surface area contributed by atoms with Crippen LogP contribution in [0, 0.1) is 0 Å². The van der Waals surface area contributed by atoms with Crippen LogP contribution in [0.1, 0.15) is 37.7 Å². The zero-order chi connectivity index (χ0) is 13.2. The average molecular weight is 259 g/mol. The first-order chi connectivity index (χ1) is 9.24. The summed E-state index contributed by atoms with van der Waals surface area (Å²) in [7, 11) is 0. The number of likely N-dealkylation sites (tertiary alicyclic amines) is 1. The molecule has 2 aliphatic rings. The molecular weight excluding hydrogens is 238 g/mol. The van der Waals surface area contributed by atoms with Crippen LogP contribution in [0.5, 0.6) is 0 Å². The molecule has 2 saturated heterocycles. The van der Waals surface area contributed by atoms with E-state index in [1.54, 1.807) is 0 Å². The van der Waals surface area contributed by atoms with Crippen molar-refractivity contribution < 1.29 is 9.53 Å². The van der Waals surface area contributed by atoms with Crippen molar-refractivity contribution in [3.8, 4) is 0 Å². The van der Waals surface area contributed by atoms with Crippen LogP contribution in [0.3, 0.4) is 0 Å². The quantitative estimate of drug-likeness (QED) is 0.765. The second-order valence-corrected chi connectivity index (χ2v) is 5.72. The molecule has 2 aliphatic heterocycles. The minimum Gasteiger partial charge on any atom is -0.461 e. The van der Waals surface area contributed by atoms with E-state index in [-0.39, 0.29) is 18.1 Å². The Kier molecular flexibility index (Phi) is 3.56. The van der Waals surface area contributed by atoms with Crippen LogP contribution in [0.4, 0.5) is 0 Å².